The highest BCUT2D eigenvalue weighted by molar-refractivity contribution is 8.00. The molecular formula is C23H37NO4S2. The van der Waals surface area contributed by atoms with Crippen molar-refractivity contribution < 1.29 is 14.8 Å². The van der Waals surface area contributed by atoms with Crippen LogP contribution in [0.5, 0.6) is 0 Å². The van der Waals surface area contributed by atoms with Gasteiger partial charge in [-0.15, -0.1) is 23.5 Å². The summed E-state index contributed by atoms with van der Waals surface area (Å²) in [4.78, 5) is 24.0. The average molecular weight is 456 g/mol. The van der Waals surface area contributed by atoms with Crippen LogP contribution in [0.2, 0.25) is 0 Å². The molecule has 170 valence electrons. The summed E-state index contributed by atoms with van der Waals surface area (Å²) < 4.78 is 0. The number of nitro benzene ring substituents is 1. The largest absolute Gasteiger partial charge is 0.477 e. The highest BCUT2D eigenvalue weighted by Gasteiger charge is 2.26. The summed E-state index contributed by atoms with van der Waals surface area (Å²) in [6, 6.07) is 3.28. The molecule has 0 atom stereocenters. The van der Waals surface area contributed by atoms with E-state index in [1.54, 1.807) is 11.8 Å². The van der Waals surface area contributed by atoms with Gasteiger partial charge < -0.3 is 5.11 Å². The minimum atomic E-state index is -1.23. The van der Waals surface area contributed by atoms with Gasteiger partial charge in [-0.25, -0.2) is 4.79 Å². The van der Waals surface area contributed by atoms with Crippen molar-refractivity contribution in [1.82, 2.24) is 0 Å². The number of thioether (sulfide) groups is 2. The minimum Gasteiger partial charge on any atom is -0.477 e. The Morgan fingerprint density at radius 3 is 1.87 bits per heavy atom. The van der Waals surface area contributed by atoms with Crippen molar-refractivity contribution in [2.45, 2.75) is 101 Å². The van der Waals surface area contributed by atoms with E-state index in [9.17, 15) is 20.0 Å². The number of benzene rings is 1. The number of hydrogen-bond donors (Lipinski definition) is 1. The number of unbranched alkanes of at least 4 members (excludes halogenated alkanes) is 10. The monoisotopic (exact) mass is 455 g/mol. The molecule has 30 heavy (non-hydrogen) atoms. The normalized spacial score (nSPS) is 11.0. The van der Waals surface area contributed by atoms with Gasteiger partial charge in [-0.2, -0.15) is 0 Å². The van der Waals surface area contributed by atoms with Crippen molar-refractivity contribution in [2.24, 2.45) is 0 Å². The second kappa shape index (κ2) is 16.5. The molecule has 0 aliphatic heterocycles. The molecule has 0 fully saturated rings. The molecule has 0 aromatic heterocycles. The van der Waals surface area contributed by atoms with E-state index in [2.05, 4.69) is 13.8 Å². The van der Waals surface area contributed by atoms with Crippen molar-refractivity contribution in [3.63, 3.8) is 0 Å². The summed E-state index contributed by atoms with van der Waals surface area (Å²) in [7, 11) is 0. The molecule has 0 radical (unpaired) electrons. The molecule has 1 aromatic rings. The van der Waals surface area contributed by atoms with Crippen LogP contribution in [0, 0.1) is 10.1 Å². The van der Waals surface area contributed by atoms with E-state index in [4.69, 9.17) is 0 Å². The third-order valence-corrected chi connectivity index (χ3v) is 7.16. The first kappa shape index (κ1) is 26.8. The number of hydrogen-bond acceptors (Lipinski definition) is 5. The lowest BCUT2D eigenvalue weighted by Crippen LogP contribution is -2.05. The van der Waals surface area contributed by atoms with Gasteiger partial charge in [-0.05, 0) is 36.5 Å². The standard InChI is InChI=1S/C23H37NO4S2/c1-3-5-7-9-11-13-15-29-19-17-20(23(25)26)22(24(27)28)21(18-19)30-16-14-12-10-8-6-4-2/h17-18H,3-16H2,1-2H3,(H,25,26). The van der Waals surface area contributed by atoms with Gasteiger partial charge in [0.2, 0.25) is 0 Å². The first-order valence-corrected chi connectivity index (χ1v) is 13.3. The van der Waals surface area contributed by atoms with E-state index < -0.39 is 10.9 Å². The second-order valence-corrected chi connectivity index (χ2v) is 9.92. The lowest BCUT2D eigenvalue weighted by molar-refractivity contribution is -0.388. The number of carboxylic acids is 1. The Bertz CT molecular complexity index is 652. The van der Waals surface area contributed by atoms with Crippen LogP contribution < -0.4 is 0 Å². The Kier molecular flexibility index (Phi) is 14.7. The molecule has 0 aliphatic carbocycles. The SMILES string of the molecule is CCCCCCCCSc1cc(SCCCCCCCC)c([N+](=O)[O-])c(C(=O)O)c1. The summed E-state index contributed by atoms with van der Waals surface area (Å²) in [5, 5.41) is 21.1. The molecule has 1 N–H and O–H groups in total. The molecule has 5 nitrogen and oxygen atoms in total. The van der Waals surface area contributed by atoms with Crippen LogP contribution in [-0.4, -0.2) is 27.5 Å². The average Bonchev–Trinajstić information content (AvgIpc) is 2.71. The number of nitrogens with zero attached hydrogens (tertiary/aromatic N) is 1. The van der Waals surface area contributed by atoms with Gasteiger partial charge in [0, 0.05) is 4.90 Å². The maximum atomic E-state index is 11.7. The van der Waals surface area contributed by atoms with E-state index >= 15 is 0 Å². The molecule has 7 heteroatoms. The van der Waals surface area contributed by atoms with Gasteiger partial charge >= 0.3 is 5.97 Å². The Morgan fingerprint density at radius 1 is 0.867 bits per heavy atom. The number of aromatic carboxylic acids is 1. The van der Waals surface area contributed by atoms with Gasteiger partial charge in [-0.3, -0.25) is 10.1 Å². The lowest BCUT2D eigenvalue weighted by atomic mass is 10.1. The summed E-state index contributed by atoms with van der Waals surface area (Å²) in [6.45, 7) is 4.39. The zero-order valence-electron chi connectivity index (χ0n) is 18.5. The van der Waals surface area contributed by atoms with E-state index in [0.29, 0.717) is 4.90 Å². The quantitative estimate of drug-likeness (QED) is 0.104. The summed E-state index contributed by atoms with van der Waals surface area (Å²) in [6.07, 6.45) is 14.2. The molecule has 0 amide bonds. The number of nitro groups is 1. The van der Waals surface area contributed by atoms with Gasteiger partial charge in [0.25, 0.3) is 5.69 Å². The van der Waals surface area contributed by atoms with E-state index in [-0.39, 0.29) is 11.3 Å². The van der Waals surface area contributed by atoms with Crippen LogP contribution in [0.3, 0.4) is 0 Å². The topological polar surface area (TPSA) is 80.4 Å². The van der Waals surface area contributed by atoms with Crippen LogP contribution in [0.25, 0.3) is 0 Å². The highest BCUT2D eigenvalue weighted by atomic mass is 32.2. The van der Waals surface area contributed by atoms with Gasteiger partial charge in [0.15, 0.2) is 0 Å². The van der Waals surface area contributed by atoms with E-state index in [0.717, 1.165) is 35.7 Å². The molecule has 0 heterocycles. The molecular weight excluding hydrogens is 418 g/mol. The fourth-order valence-corrected chi connectivity index (χ4v) is 5.43. The number of carbonyl (C=O) groups is 1. The van der Waals surface area contributed by atoms with Gasteiger partial charge in [0.1, 0.15) is 5.56 Å². The Balaban J connectivity index is 2.71. The van der Waals surface area contributed by atoms with E-state index in [1.165, 1.54) is 75.6 Å². The molecule has 0 saturated heterocycles. The predicted molar refractivity (Wildman–Crippen MR) is 128 cm³/mol. The zero-order valence-corrected chi connectivity index (χ0v) is 20.1. The fraction of sp³-hybridized carbons (Fsp3) is 0.696. The molecule has 0 aliphatic rings. The minimum absolute atomic E-state index is 0.196. The molecule has 1 rings (SSSR count). The van der Waals surface area contributed by atoms with Gasteiger partial charge in [0.05, 0.1) is 9.82 Å². The summed E-state index contributed by atoms with van der Waals surface area (Å²) in [5.41, 5.74) is -0.458. The second-order valence-electron chi connectivity index (χ2n) is 7.61. The lowest BCUT2D eigenvalue weighted by Gasteiger charge is -2.09. The van der Waals surface area contributed by atoms with Crippen LogP contribution in [0.15, 0.2) is 21.9 Å². The Labute approximate surface area is 189 Å². The van der Waals surface area contributed by atoms with Crippen LogP contribution in [0.4, 0.5) is 5.69 Å². The maximum Gasteiger partial charge on any atom is 0.342 e. The van der Waals surface area contributed by atoms with E-state index in [1.807, 2.05) is 6.07 Å². The third-order valence-electron chi connectivity index (χ3n) is 4.98. The van der Waals surface area contributed by atoms with Crippen molar-refractivity contribution in [3.8, 4) is 0 Å². The summed E-state index contributed by atoms with van der Waals surface area (Å²) >= 11 is 3.02. The first-order valence-electron chi connectivity index (χ1n) is 11.3. The van der Waals surface area contributed by atoms with Crippen molar-refractivity contribution in [1.29, 1.82) is 0 Å². The van der Waals surface area contributed by atoms with Crippen LogP contribution in [-0.2, 0) is 0 Å². The number of carboxylic acid groups (broad SMARTS) is 1. The Hall–Kier alpha value is -1.21. The Morgan fingerprint density at radius 2 is 1.37 bits per heavy atom. The van der Waals surface area contributed by atoms with Crippen molar-refractivity contribution in [3.05, 3.63) is 27.8 Å². The fourth-order valence-electron chi connectivity index (χ4n) is 3.26. The molecule has 0 bridgehead atoms. The molecule has 0 saturated carbocycles. The molecule has 0 unspecified atom stereocenters. The van der Waals surface area contributed by atoms with Crippen molar-refractivity contribution in [2.75, 3.05) is 11.5 Å². The van der Waals surface area contributed by atoms with Crippen LogP contribution in [0.1, 0.15) is 101 Å². The summed E-state index contributed by atoms with van der Waals surface area (Å²) in [5.74, 6) is 0.451. The zero-order chi connectivity index (χ0) is 22.2. The maximum absolute atomic E-state index is 11.7. The molecule has 0 spiro atoms. The van der Waals surface area contributed by atoms with Crippen LogP contribution >= 0.6 is 23.5 Å². The molecule has 1 aromatic carbocycles. The highest BCUT2D eigenvalue weighted by Crippen LogP contribution is 2.37. The predicted octanol–water partition coefficient (Wildman–Crippen LogP) is 8.20. The van der Waals surface area contributed by atoms with Gasteiger partial charge in [-0.1, -0.05) is 78.1 Å². The smallest absolute Gasteiger partial charge is 0.342 e. The third kappa shape index (κ3) is 10.7. The van der Waals surface area contributed by atoms with Crippen molar-refractivity contribution >= 4 is 35.2 Å². The number of rotatable bonds is 18. The first-order chi connectivity index (χ1) is 14.5.